The number of anilines is 1. The second-order valence-electron chi connectivity index (χ2n) is 4.56. The Morgan fingerprint density at radius 2 is 1.86 bits per heavy atom. The van der Waals surface area contributed by atoms with Gasteiger partial charge in [0, 0.05) is 11.6 Å². The van der Waals surface area contributed by atoms with Gasteiger partial charge < -0.3 is 5.73 Å². The zero-order valence-electron chi connectivity index (χ0n) is 11.2. The standard InChI is InChI=1S/C14H14Cl2N2O2S/c1-9-4-2-3-5-10(9)8-18-21(19,20)14-12(16)6-11(15)7-13(14)17/h2-7,18H,8,17H2,1H3. The topological polar surface area (TPSA) is 72.2 Å². The van der Waals surface area contributed by atoms with E-state index in [0.29, 0.717) is 0 Å². The lowest BCUT2D eigenvalue weighted by Gasteiger charge is -2.12. The first kappa shape index (κ1) is 16.1. The molecule has 7 heteroatoms. The zero-order chi connectivity index (χ0) is 15.6. The molecule has 0 atom stereocenters. The SMILES string of the molecule is Cc1ccccc1CNS(=O)(=O)c1c(N)cc(Cl)cc1Cl. The van der Waals surface area contributed by atoms with Gasteiger partial charge in [0.15, 0.2) is 0 Å². The van der Waals surface area contributed by atoms with Gasteiger partial charge in [0.05, 0.1) is 10.7 Å². The Labute approximate surface area is 133 Å². The number of benzene rings is 2. The molecule has 0 radical (unpaired) electrons. The largest absolute Gasteiger partial charge is 0.398 e. The fourth-order valence-corrected chi connectivity index (χ4v) is 3.91. The number of hydrogen-bond donors (Lipinski definition) is 2. The molecule has 2 rings (SSSR count). The quantitative estimate of drug-likeness (QED) is 0.835. The molecule has 0 saturated carbocycles. The highest BCUT2D eigenvalue weighted by atomic mass is 35.5. The lowest BCUT2D eigenvalue weighted by molar-refractivity contribution is 0.581. The van der Waals surface area contributed by atoms with Crippen LogP contribution in [0.4, 0.5) is 5.69 Å². The monoisotopic (exact) mass is 344 g/mol. The van der Waals surface area contributed by atoms with Gasteiger partial charge in [-0.05, 0) is 30.2 Å². The Morgan fingerprint density at radius 1 is 1.19 bits per heavy atom. The van der Waals surface area contributed by atoms with Crippen LogP contribution in [0.2, 0.25) is 10.0 Å². The number of nitrogens with two attached hydrogens (primary N) is 1. The van der Waals surface area contributed by atoms with Crippen LogP contribution >= 0.6 is 23.2 Å². The number of nitrogens with one attached hydrogen (secondary N) is 1. The summed E-state index contributed by atoms with van der Waals surface area (Å²) in [6.45, 7) is 2.07. The van der Waals surface area contributed by atoms with E-state index < -0.39 is 10.0 Å². The molecular weight excluding hydrogens is 331 g/mol. The molecule has 0 amide bonds. The summed E-state index contributed by atoms with van der Waals surface area (Å²) in [7, 11) is -3.82. The Morgan fingerprint density at radius 3 is 2.48 bits per heavy atom. The minimum Gasteiger partial charge on any atom is -0.398 e. The van der Waals surface area contributed by atoms with Crippen molar-refractivity contribution in [2.75, 3.05) is 5.73 Å². The Balaban J connectivity index is 2.30. The first-order chi connectivity index (χ1) is 9.81. The normalized spacial score (nSPS) is 11.6. The second kappa shape index (κ2) is 6.23. The molecule has 0 heterocycles. The van der Waals surface area contributed by atoms with Crippen molar-refractivity contribution in [3.8, 4) is 0 Å². The first-order valence-electron chi connectivity index (χ1n) is 6.10. The van der Waals surface area contributed by atoms with Crippen molar-refractivity contribution in [3.63, 3.8) is 0 Å². The summed E-state index contributed by atoms with van der Waals surface area (Å²) in [5.41, 5.74) is 7.61. The summed E-state index contributed by atoms with van der Waals surface area (Å²) in [6, 6.07) is 10.2. The highest BCUT2D eigenvalue weighted by molar-refractivity contribution is 7.89. The number of aryl methyl sites for hydroxylation is 1. The molecule has 0 spiro atoms. The highest BCUT2D eigenvalue weighted by Crippen LogP contribution is 2.31. The van der Waals surface area contributed by atoms with E-state index in [2.05, 4.69) is 4.72 Å². The third-order valence-corrected chi connectivity index (χ3v) is 5.17. The van der Waals surface area contributed by atoms with E-state index in [-0.39, 0.29) is 27.2 Å². The molecule has 0 bridgehead atoms. The Bertz CT molecular complexity index is 753. The summed E-state index contributed by atoms with van der Waals surface area (Å²) in [5.74, 6) is 0. The lowest BCUT2D eigenvalue weighted by Crippen LogP contribution is -2.24. The first-order valence-corrected chi connectivity index (χ1v) is 8.34. The van der Waals surface area contributed by atoms with Crippen LogP contribution in [0.25, 0.3) is 0 Å². The van der Waals surface area contributed by atoms with Crippen molar-refractivity contribution in [2.45, 2.75) is 18.4 Å². The Kier molecular flexibility index (Phi) is 4.78. The van der Waals surface area contributed by atoms with E-state index in [1.165, 1.54) is 12.1 Å². The molecule has 0 aliphatic rings. The van der Waals surface area contributed by atoms with Crippen LogP contribution in [0.5, 0.6) is 0 Å². The average Bonchev–Trinajstić information content (AvgIpc) is 2.36. The maximum Gasteiger partial charge on any atom is 0.244 e. The summed E-state index contributed by atoms with van der Waals surface area (Å²) in [6.07, 6.45) is 0. The molecule has 0 saturated heterocycles. The third-order valence-electron chi connectivity index (χ3n) is 3.02. The molecule has 0 aliphatic heterocycles. The van der Waals surface area contributed by atoms with Crippen molar-refractivity contribution in [1.29, 1.82) is 0 Å². The predicted molar refractivity (Wildman–Crippen MR) is 86.1 cm³/mol. The molecule has 0 unspecified atom stereocenters. The van der Waals surface area contributed by atoms with E-state index in [9.17, 15) is 8.42 Å². The fraction of sp³-hybridized carbons (Fsp3) is 0.143. The van der Waals surface area contributed by atoms with Gasteiger partial charge in [0.1, 0.15) is 4.90 Å². The maximum absolute atomic E-state index is 12.4. The highest BCUT2D eigenvalue weighted by Gasteiger charge is 2.21. The molecular formula is C14H14Cl2N2O2S. The second-order valence-corrected chi connectivity index (χ2v) is 7.10. The summed E-state index contributed by atoms with van der Waals surface area (Å²) in [5, 5.41) is 0.285. The number of hydrogen-bond acceptors (Lipinski definition) is 3. The van der Waals surface area contributed by atoms with Gasteiger partial charge in [0.2, 0.25) is 10.0 Å². The van der Waals surface area contributed by atoms with Crippen molar-refractivity contribution < 1.29 is 8.42 Å². The Hall–Kier alpha value is -1.27. The molecule has 0 fully saturated rings. The van der Waals surface area contributed by atoms with Crippen LogP contribution in [0.3, 0.4) is 0 Å². The number of sulfonamides is 1. The minimum atomic E-state index is -3.82. The third kappa shape index (κ3) is 3.68. The van der Waals surface area contributed by atoms with E-state index >= 15 is 0 Å². The molecule has 2 aromatic carbocycles. The van der Waals surface area contributed by atoms with Crippen LogP contribution in [-0.4, -0.2) is 8.42 Å². The number of nitrogen functional groups attached to an aromatic ring is 1. The van der Waals surface area contributed by atoms with E-state index in [0.717, 1.165) is 11.1 Å². The van der Waals surface area contributed by atoms with Crippen LogP contribution in [0, 0.1) is 6.92 Å². The summed E-state index contributed by atoms with van der Waals surface area (Å²) < 4.78 is 27.2. The molecule has 0 aliphatic carbocycles. The van der Waals surface area contributed by atoms with Gasteiger partial charge in [-0.1, -0.05) is 47.5 Å². The van der Waals surface area contributed by atoms with E-state index in [1.54, 1.807) is 0 Å². The van der Waals surface area contributed by atoms with Crippen LogP contribution in [-0.2, 0) is 16.6 Å². The average molecular weight is 345 g/mol. The van der Waals surface area contributed by atoms with Crippen molar-refractivity contribution >= 4 is 38.9 Å². The van der Waals surface area contributed by atoms with E-state index in [1.807, 2.05) is 31.2 Å². The van der Waals surface area contributed by atoms with Crippen LogP contribution < -0.4 is 10.5 Å². The molecule has 2 aromatic rings. The van der Waals surface area contributed by atoms with Gasteiger partial charge in [0.25, 0.3) is 0 Å². The van der Waals surface area contributed by atoms with Crippen LogP contribution in [0.1, 0.15) is 11.1 Å². The lowest BCUT2D eigenvalue weighted by atomic mass is 10.1. The van der Waals surface area contributed by atoms with Gasteiger partial charge in [-0.25, -0.2) is 13.1 Å². The van der Waals surface area contributed by atoms with Gasteiger partial charge in [-0.15, -0.1) is 0 Å². The van der Waals surface area contributed by atoms with Gasteiger partial charge >= 0.3 is 0 Å². The molecule has 112 valence electrons. The van der Waals surface area contributed by atoms with Crippen LogP contribution in [0.15, 0.2) is 41.3 Å². The number of rotatable bonds is 4. The van der Waals surface area contributed by atoms with Gasteiger partial charge in [-0.3, -0.25) is 0 Å². The maximum atomic E-state index is 12.4. The summed E-state index contributed by atoms with van der Waals surface area (Å²) >= 11 is 11.7. The van der Waals surface area contributed by atoms with Crippen molar-refractivity contribution in [2.24, 2.45) is 0 Å². The predicted octanol–water partition coefficient (Wildman–Crippen LogP) is 3.36. The molecule has 3 N–H and O–H groups in total. The van der Waals surface area contributed by atoms with Crippen molar-refractivity contribution in [3.05, 3.63) is 57.6 Å². The zero-order valence-corrected chi connectivity index (χ0v) is 13.6. The van der Waals surface area contributed by atoms with Gasteiger partial charge in [-0.2, -0.15) is 0 Å². The smallest absolute Gasteiger partial charge is 0.244 e. The molecule has 0 aromatic heterocycles. The minimum absolute atomic E-state index is 0.00252. The molecule has 21 heavy (non-hydrogen) atoms. The van der Waals surface area contributed by atoms with Crippen molar-refractivity contribution in [1.82, 2.24) is 4.72 Å². The summed E-state index contributed by atoms with van der Waals surface area (Å²) in [4.78, 5) is -0.151. The molecule has 4 nitrogen and oxygen atoms in total. The van der Waals surface area contributed by atoms with E-state index in [4.69, 9.17) is 28.9 Å². The fourth-order valence-electron chi connectivity index (χ4n) is 1.92. The number of halogens is 2.